The molecule has 1 aromatic heterocycles. The van der Waals surface area contributed by atoms with Crippen LogP contribution in [0.4, 0.5) is 5.82 Å². The molecule has 2 amide bonds. The highest BCUT2D eigenvalue weighted by atomic mass is 35.5. The van der Waals surface area contributed by atoms with Crippen molar-refractivity contribution in [2.24, 2.45) is 0 Å². The molecular formula is C33H33ClN4O5S. The molecule has 1 fully saturated rings. The second kappa shape index (κ2) is 13.3. The largest absolute Gasteiger partial charge is 0.497 e. The summed E-state index contributed by atoms with van der Waals surface area (Å²) in [6.07, 6.45) is 1.87. The van der Waals surface area contributed by atoms with Crippen molar-refractivity contribution in [3.05, 3.63) is 88.9 Å². The zero-order valence-corrected chi connectivity index (χ0v) is 26.1. The molecule has 4 aromatic rings. The number of benzene rings is 3. The van der Waals surface area contributed by atoms with Crippen LogP contribution in [0.5, 0.6) is 11.5 Å². The maximum absolute atomic E-state index is 14.0. The highest BCUT2D eigenvalue weighted by Crippen LogP contribution is 2.50. The Morgan fingerprint density at radius 2 is 1.84 bits per heavy atom. The predicted octanol–water partition coefficient (Wildman–Crippen LogP) is 5.67. The third kappa shape index (κ3) is 6.15. The van der Waals surface area contributed by atoms with E-state index in [1.54, 1.807) is 23.8 Å². The number of aromatic nitrogens is 2. The Morgan fingerprint density at radius 1 is 1.07 bits per heavy atom. The average molecular weight is 633 g/mol. The standard InChI is InChI=1S/C33H33ClN4O5S/c1-41-24-15-13-23(14-16-24)38-33-30(31(36-38)21-9-11-22(34)12-10-21)32(26-7-3-4-8-27(26)42-2)44-20-29(40)37(33)19-28(39)35-18-25-6-5-17-43-25/h3-4,7-16,25,32H,5-6,17-20H2,1-2H3,(H,35,39)/t25-,32+/m1/s1. The fourth-order valence-corrected chi connectivity index (χ4v) is 6.95. The van der Waals surface area contributed by atoms with Crippen LogP contribution in [0.25, 0.3) is 16.9 Å². The first-order chi connectivity index (χ1) is 21.5. The second-order valence-electron chi connectivity index (χ2n) is 10.6. The molecule has 0 bridgehead atoms. The minimum Gasteiger partial charge on any atom is -0.497 e. The lowest BCUT2D eigenvalue weighted by Gasteiger charge is -2.24. The molecule has 0 radical (unpaired) electrons. The van der Waals surface area contributed by atoms with Crippen molar-refractivity contribution in [2.45, 2.75) is 24.2 Å². The summed E-state index contributed by atoms with van der Waals surface area (Å²) in [5.41, 5.74) is 3.93. The van der Waals surface area contributed by atoms with Crippen molar-refractivity contribution in [3.8, 4) is 28.4 Å². The first-order valence-electron chi connectivity index (χ1n) is 14.4. The molecule has 2 aliphatic rings. The van der Waals surface area contributed by atoms with Gasteiger partial charge in [-0.3, -0.25) is 14.5 Å². The number of para-hydroxylation sites is 1. The summed E-state index contributed by atoms with van der Waals surface area (Å²) in [7, 11) is 3.25. The smallest absolute Gasteiger partial charge is 0.240 e. The van der Waals surface area contributed by atoms with E-state index in [1.807, 2.05) is 72.8 Å². The van der Waals surface area contributed by atoms with E-state index in [0.717, 1.165) is 29.5 Å². The molecule has 1 N–H and O–H groups in total. The van der Waals surface area contributed by atoms with Gasteiger partial charge < -0.3 is 19.5 Å². The average Bonchev–Trinajstić information content (AvgIpc) is 3.69. The van der Waals surface area contributed by atoms with Crippen molar-refractivity contribution in [1.82, 2.24) is 15.1 Å². The molecular weight excluding hydrogens is 600 g/mol. The fourth-order valence-electron chi connectivity index (χ4n) is 5.60. The number of hydrogen-bond acceptors (Lipinski definition) is 7. The van der Waals surface area contributed by atoms with Gasteiger partial charge in [-0.25, -0.2) is 4.68 Å². The van der Waals surface area contributed by atoms with Gasteiger partial charge in [0, 0.05) is 34.9 Å². The lowest BCUT2D eigenvalue weighted by atomic mass is 9.99. The number of thioether (sulfide) groups is 1. The van der Waals surface area contributed by atoms with Gasteiger partial charge in [0.1, 0.15) is 23.9 Å². The van der Waals surface area contributed by atoms with E-state index in [9.17, 15) is 9.59 Å². The van der Waals surface area contributed by atoms with E-state index in [-0.39, 0.29) is 35.5 Å². The summed E-state index contributed by atoms with van der Waals surface area (Å²) in [5, 5.41) is 8.37. The quantitative estimate of drug-likeness (QED) is 0.254. The number of ether oxygens (including phenoxy) is 3. The number of nitrogens with zero attached hydrogens (tertiary/aromatic N) is 3. The van der Waals surface area contributed by atoms with Gasteiger partial charge in [-0.2, -0.15) is 5.10 Å². The number of amides is 2. The minimum atomic E-state index is -0.331. The van der Waals surface area contributed by atoms with Crippen LogP contribution in [-0.4, -0.2) is 67.4 Å². The first kappa shape index (κ1) is 30.1. The number of halogens is 1. The summed E-state index contributed by atoms with van der Waals surface area (Å²) >= 11 is 7.76. The van der Waals surface area contributed by atoms with Crippen LogP contribution in [0.1, 0.15) is 29.2 Å². The van der Waals surface area contributed by atoms with Crippen molar-refractivity contribution in [1.29, 1.82) is 0 Å². The predicted molar refractivity (Wildman–Crippen MR) is 172 cm³/mol. The maximum Gasteiger partial charge on any atom is 0.240 e. The molecule has 11 heteroatoms. The second-order valence-corrected chi connectivity index (χ2v) is 12.1. The molecule has 1 saturated heterocycles. The Balaban J connectivity index is 1.54. The van der Waals surface area contributed by atoms with Gasteiger partial charge in [-0.15, -0.1) is 11.8 Å². The van der Waals surface area contributed by atoms with E-state index in [0.29, 0.717) is 46.9 Å². The SMILES string of the molecule is COc1ccc(-n2nc(-c3ccc(Cl)cc3)c3c2N(CC(=O)NC[C@H]2CCCO2)C(=O)CS[C@H]3c2ccccc2OC)cc1. The van der Waals surface area contributed by atoms with Crippen LogP contribution in [0.2, 0.25) is 5.02 Å². The van der Waals surface area contributed by atoms with Gasteiger partial charge >= 0.3 is 0 Å². The molecule has 0 spiro atoms. The molecule has 3 aromatic carbocycles. The third-order valence-corrected chi connectivity index (χ3v) is 9.29. The Morgan fingerprint density at radius 3 is 2.55 bits per heavy atom. The monoisotopic (exact) mass is 632 g/mol. The highest BCUT2D eigenvalue weighted by Gasteiger charge is 2.38. The van der Waals surface area contributed by atoms with Crippen molar-refractivity contribution in [2.75, 3.05) is 44.6 Å². The fraction of sp³-hybridized carbons (Fsp3) is 0.303. The van der Waals surface area contributed by atoms with E-state index >= 15 is 0 Å². The molecule has 3 heterocycles. The topological polar surface area (TPSA) is 94.9 Å². The van der Waals surface area contributed by atoms with Crippen LogP contribution < -0.4 is 19.7 Å². The van der Waals surface area contributed by atoms with E-state index in [2.05, 4.69) is 5.32 Å². The summed E-state index contributed by atoms with van der Waals surface area (Å²) in [5.74, 6) is 1.60. The van der Waals surface area contributed by atoms with Crippen LogP contribution in [0.15, 0.2) is 72.8 Å². The first-order valence-corrected chi connectivity index (χ1v) is 15.9. The number of carbonyl (C=O) groups is 2. The minimum absolute atomic E-state index is 0.0128. The van der Waals surface area contributed by atoms with E-state index < -0.39 is 0 Å². The summed E-state index contributed by atoms with van der Waals surface area (Å²) in [6, 6.07) is 22.7. The Bertz CT molecular complexity index is 1640. The number of anilines is 1. The zero-order valence-electron chi connectivity index (χ0n) is 24.5. The van der Waals surface area contributed by atoms with Gasteiger partial charge in [-0.05, 0) is 55.3 Å². The van der Waals surface area contributed by atoms with Crippen LogP contribution in [0.3, 0.4) is 0 Å². The lowest BCUT2D eigenvalue weighted by Crippen LogP contribution is -2.44. The van der Waals surface area contributed by atoms with Gasteiger partial charge in [0.05, 0.1) is 42.7 Å². The number of methoxy groups -OCH3 is 2. The summed E-state index contributed by atoms with van der Waals surface area (Å²) in [6.45, 7) is 0.935. The van der Waals surface area contributed by atoms with Gasteiger partial charge in [0.2, 0.25) is 11.8 Å². The zero-order chi connectivity index (χ0) is 30.6. The molecule has 9 nitrogen and oxygen atoms in total. The van der Waals surface area contributed by atoms with Gasteiger partial charge in [0.25, 0.3) is 0 Å². The number of carbonyl (C=O) groups excluding carboxylic acids is 2. The van der Waals surface area contributed by atoms with Gasteiger partial charge in [-0.1, -0.05) is 41.9 Å². The molecule has 0 aliphatic carbocycles. The molecule has 6 rings (SSSR count). The Hall–Kier alpha value is -3.99. The Labute approximate surface area is 265 Å². The molecule has 2 aliphatic heterocycles. The summed E-state index contributed by atoms with van der Waals surface area (Å²) in [4.78, 5) is 28.9. The molecule has 0 unspecified atom stereocenters. The number of rotatable bonds is 9. The third-order valence-electron chi connectivity index (χ3n) is 7.80. The molecule has 228 valence electrons. The molecule has 44 heavy (non-hydrogen) atoms. The number of hydrogen-bond donors (Lipinski definition) is 1. The van der Waals surface area contributed by atoms with Crippen molar-refractivity contribution < 1.29 is 23.8 Å². The van der Waals surface area contributed by atoms with Crippen LogP contribution in [0, 0.1) is 0 Å². The molecule has 0 saturated carbocycles. The number of nitrogens with one attached hydrogen (secondary N) is 1. The van der Waals surface area contributed by atoms with E-state index in [4.69, 9.17) is 30.9 Å². The van der Waals surface area contributed by atoms with Crippen molar-refractivity contribution >= 4 is 41.0 Å². The van der Waals surface area contributed by atoms with Gasteiger partial charge in [0.15, 0.2) is 0 Å². The van der Waals surface area contributed by atoms with E-state index in [1.165, 1.54) is 11.8 Å². The van der Waals surface area contributed by atoms with Crippen LogP contribution >= 0.6 is 23.4 Å². The number of fused-ring (bicyclic) bond motifs is 1. The normalized spacial score (nSPS) is 18.1. The van der Waals surface area contributed by atoms with Crippen molar-refractivity contribution in [3.63, 3.8) is 0 Å². The summed E-state index contributed by atoms with van der Waals surface area (Å²) < 4.78 is 18.6. The maximum atomic E-state index is 14.0. The lowest BCUT2D eigenvalue weighted by molar-refractivity contribution is -0.123. The van der Waals surface area contributed by atoms with Crippen LogP contribution in [-0.2, 0) is 14.3 Å². The Kier molecular flexibility index (Phi) is 9.11. The molecule has 2 atom stereocenters. The highest BCUT2D eigenvalue weighted by molar-refractivity contribution is 8.00.